The fourth-order valence-corrected chi connectivity index (χ4v) is 2.78. The van der Waals surface area contributed by atoms with Gasteiger partial charge in [-0.25, -0.2) is 4.79 Å². The van der Waals surface area contributed by atoms with Gasteiger partial charge in [0.2, 0.25) is 0 Å². The van der Waals surface area contributed by atoms with Crippen LogP contribution < -0.4 is 4.74 Å². The van der Waals surface area contributed by atoms with Crippen molar-refractivity contribution in [3.63, 3.8) is 0 Å². The zero-order chi connectivity index (χ0) is 22.5. The molecule has 0 saturated heterocycles. The van der Waals surface area contributed by atoms with E-state index in [0.717, 1.165) is 25.7 Å². The zero-order valence-corrected chi connectivity index (χ0v) is 17.7. The molecule has 30 heavy (non-hydrogen) atoms. The first-order chi connectivity index (χ1) is 14.2. The molecule has 0 aliphatic rings. The number of non-ortho nitro benzene ring substituents is 1. The molecule has 0 aliphatic heterocycles. The summed E-state index contributed by atoms with van der Waals surface area (Å²) in [5, 5.41) is 10.7. The van der Waals surface area contributed by atoms with E-state index in [9.17, 15) is 19.7 Å². The minimum absolute atomic E-state index is 0.0724. The fourth-order valence-electron chi connectivity index (χ4n) is 2.78. The quantitative estimate of drug-likeness (QED) is 0.137. The summed E-state index contributed by atoms with van der Waals surface area (Å²) in [5.74, 6) is 0.321. The molecule has 0 heterocycles. The van der Waals surface area contributed by atoms with Crippen LogP contribution in [0.4, 0.5) is 10.5 Å². The maximum absolute atomic E-state index is 12.1. The lowest BCUT2D eigenvalue weighted by molar-refractivity contribution is -0.384. The standard InChI is InChI=1S/C22H31NO7/c1-16(2)8-6-5-7-9-19(14-15-21(24)28-17(3)4)29-22(25)30-20-12-10-18(11-13-20)23(26)27/h10-13,16-17,19H,3-9,14-15H2,1-2H3. The van der Waals surface area contributed by atoms with E-state index >= 15 is 0 Å². The Morgan fingerprint density at radius 2 is 1.63 bits per heavy atom. The number of carbonyl (C=O) groups is 2. The van der Waals surface area contributed by atoms with Crippen molar-refractivity contribution in [2.45, 2.75) is 71.0 Å². The van der Waals surface area contributed by atoms with Crippen LogP contribution in [-0.4, -0.2) is 29.3 Å². The molecule has 1 aromatic carbocycles. The highest BCUT2D eigenvalue weighted by atomic mass is 16.7. The molecule has 1 aromatic rings. The van der Waals surface area contributed by atoms with Gasteiger partial charge >= 0.3 is 12.1 Å². The van der Waals surface area contributed by atoms with Crippen LogP contribution in [0.25, 0.3) is 0 Å². The van der Waals surface area contributed by atoms with Crippen LogP contribution in [0.1, 0.15) is 58.8 Å². The molecular weight excluding hydrogens is 390 g/mol. The van der Waals surface area contributed by atoms with Gasteiger partial charge < -0.3 is 14.2 Å². The Kier molecular flexibility index (Phi) is 11.5. The third-order valence-electron chi connectivity index (χ3n) is 4.29. The molecule has 0 aromatic heterocycles. The monoisotopic (exact) mass is 421 g/mol. The highest BCUT2D eigenvalue weighted by molar-refractivity contribution is 5.70. The van der Waals surface area contributed by atoms with Gasteiger partial charge in [0.05, 0.1) is 4.92 Å². The first kappa shape index (κ1) is 25.4. The summed E-state index contributed by atoms with van der Waals surface area (Å²) >= 11 is 0. The Bertz CT molecular complexity index is 671. The number of hydrogen-bond donors (Lipinski definition) is 0. The maximum atomic E-state index is 12.1. The molecule has 0 spiro atoms. The summed E-state index contributed by atoms with van der Waals surface area (Å²) in [7, 11) is 0. The predicted molar refractivity (Wildman–Crippen MR) is 112 cm³/mol. The lowest BCUT2D eigenvalue weighted by Crippen LogP contribution is -2.23. The molecule has 2 radical (unpaired) electrons. The fraction of sp³-hybridized carbons (Fsp3) is 0.545. The van der Waals surface area contributed by atoms with E-state index in [4.69, 9.17) is 14.2 Å². The molecule has 0 amide bonds. The lowest BCUT2D eigenvalue weighted by Gasteiger charge is -2.18. The summed E-state index contributed by atoms with van der Waals surface area (Å²) in [6, 6.07) is 5.11. The number of esters is 1. The van der Waals surface area contributed by atoms with Crippen molar-refractivity contribution < 1.29 is 28.7 Å². The van der Waals surface area contributed by atoms with Gasteiger partial charge in [0.25, 0.3) is 5.69 Å². The van der Waals surface area contributed by atoms with Crippen molar-refractivity contribution in [3.05, 3.63) is 48.2 Å². The number of nitro benzene ring substituents is 1. The zero-order valence-electron chi connectivity index (χ0n) is 17.7. The van der Waals surface area contributed by atoms with Gasteiger partial charge in [-0.15, -0.1) is 0 Å². The van der Waals surface area contributed by atoms with E-state index in [1.165, 1.54) is 24.3 Å². The minimum atomic E-state index is -0.920. The Labute approximate surface area is 178 Å². The number of carbonyl (C=O) groups excluding carboxylic acids is 2. The number of nitrogens with zero attached hydrogens (tertiary/aromatic N) is 1. The summed E-state index contributed by atoms with van der Waals surface area (Å²) in [4.78, 5) is 34.0. The highest BCUT2D eigenvalue weighted by Gasteiger charge is 2.19. The molecule has 1 atom stereocenters. The Morgan fingerprint density at radius 1 is 1.00 bits per heavy atom. The molecule has 0 bridgehead atoms. The lowest BCUT2D eigenvalue weighted by atomic mass is 10.0. The van der Waals surface area contributed by atoms with E-state index in [1.54, 1.807) is 0 Å². The molecule has 166 valence electrons. The van der Waals surface area contributed by atoms with E-state index in [1.807, 2.05) is 0 Å². The van der Waals surface area contributed by atoms with Crippen LogP contribution in [0.3, 0.4) is 0 Å². The van der Waals surface area contributed by atoms with Crippen molar-refractivity contribution in [3.8, 4) is 5.75 Å². The van der Waals surface area contributed by atoms with Crippen LogP contribution in [-0.2, 0) is 14.3 Å². The van der Waals surface area contributed by atoms with Crippen LogP contribution in [0.2, 0.25) is 0 Å². The van der Waals surface area contributed by atoms with Gasteiger partial charge in [-0.05, 0) is 51.2 Å². The smallest absolute Gasteiger partial charge is 0.462 e. The number of benzene rings is 1. The molecule has 1 unspecified atom stereocenters. The highest BCUT2D eigenvalue weighted by Crippen LogP contribution is 2.20. The van der Waals surface area contributed by atoms with Crippen LogP contribution in [0, 0.1) is 29.9 Å². The van der Waals surface area contributed by atoms with Crippen molar-refractivity contribution >= 4 is 17.8 Å². The Morgan fingerprint density at radius 3 is 2.20 bits per heavy atom. The first-order valence-electron chi connectivity index (χ1n) is 10.2. The van der Waals surface area contributed by atoms with E-state index in [2.05, 4.69) is 27.7 Å². The molecule has 0 saturated carbocycles. The molecule has 8 nitrogen and oxygen atoms in total. The van der Waals surface area contributed by atoms with Crippen molar-refractivity contribution in [2.24, 2.45) is 5.92 Å². The normalized spacial score (nSPS) is 11.9. The molecule has 8 heteroatoms. The molecule has 1 rings (SSSR count). The Hall–Kier alpha value is -2.64. The summed E-state index contributed by atoms with van der Waals surface area (Å²) < 4.78 is 15.4. The van der Waals surface area contributed by atoms with Crippen LogP contribution >= 0.6 is 0 Å². The van der Waals surface area contributed by atoms with Gasteiger partial charge in [0.1, 0.15) is 18.0 Å². The second kappa shape index (κ2) is 13.6. The third-order valence-corrected chi connectivity index (χ3v) is 4.29. The SMILES string of the molecule is [CH2]C([CH2])OC(=O)CCC(CCCCCC(C)C)OC(=O)Oc1ccc([N+](=O)[O-])cc1. The van der Waals surface area contributed by atoms with Crippen LogP contribution in [0.15, 0.2) is 24.3 Å². The maximum Gasteiger partial charge on any atom is 0.514 e. The van der Waals surface area contributed by atoms with E-state index in [-0.39, 0.29) is 17.9 Å². The summed E-state index contributed by atoms with van der Waals surface area (Å²) in [6.45, 7) is 11.3. The van der Waals surface area contributed by atoms with Gasteiger partial charge in [-0.3, -0.25) is 14.9 Å². The number of ether oxygens (including phenoxy) is 3. The van der Waals surface area contributed by atoms with Crippen molar-refractivity contribution in [2.75, 3.05) is 0 Å². The molecule has 0 N–H and O–H groups in total. The molecular formula is C22H31NO7. The van der Waals surface area contributed by atoms with Gasteiger partial charge in [-0.1, -0.05) is 33.1 Å². The number of hydrogen-bond acceptors (Lipinski definition) is 7. The largest absolute Gasteiger partial charge is 0.514 e. The third kappa shape index (κ3) is 11.4. The number of unbranched alkanes of at least 4 members (excludes halogenated alkanes) is 2. The van der Waals surface area contributed by atoms with Crippen molar-refractivity contribution in [1.82, 2.24) is 0 Å². The van der Waals surface area contributed by atoms with E-state index in [0.29, 0.717) is 18.8 Å². The van der Waals surface area contributed by atoms with Gasteiger partial charge in [0.15, 0.2) is 0 Å². The average molecular weight is 421 g/mol. The summed E-state index contributed by atoms with van der Waals surface area (Å²) in [5.41, 5.74) is -0.109. The predicted octanol–water partition coefficient (Wildman–Crippen LogP) is 5.45. The molecule has 0 aliphatic carbocycles. The minimum Gasteiger partial charge on any atom is -0.462 e. The van der Waals surface area contributed by atoms with E-state index < -0.39 is 29.3 Å². The topological polar surface area (TPSA) is 105 Å². The van der Waals surface area contributed by atoms with Crippen LogP contribution in [0.5, 0.6) is 5.75 Å². The van der Waals surface area contributed by atoms with Crippen molar-refractivity contribution in [1.29, 1.82) is 0 Å². The first-order valence-corrected chi connectivity index (χ1v) is 10.2. The molecule has 0 fully saturated rings. The average Bonchev–Trinajstić information content (AvgIpc) is 2.65. The second-order valence-electron chi connectivity index (χ2n) is 7.53. The second-order valence-corrected chi connectivity index (χ2v) is 7.53. The number of rotatable bonds is 13. The number of nitro groups is 1. The van der Waals surface area contributed by atoms with Gasteiger partial charge in [-0.2, -0.15) is 0 Å². The van der Waals surface area contributed by atoms with Gasteiger partial charge in [0, 0.05) is 18.6 Å². The summed E-state index contributed by atoms with van der Waals surface area (Å²) in [6.07, 6.45) is 2.92. The Balaban J connectivity index is 2.57.